The second kappa shape index (κ2) is 6.94. The van der Waals surface area contributed by atoms with Crippen LogP contribution in [0.4, 0.5) is 0 Å². The van der Waals surface area contributed by atoms with E-state index in [1.807, 2.05) is 19.2 Å². The standard InChI is InChI=1S/C14H17N5OS/c1-18-9-12(17-10-18)14(20)19(6-4-13(15)21)8-11-3-2-5-16-7-11/h2-3,5,7,9-10H,4,6,8H2,1H3,(H2,15,21). The van der Waals surface area contributed by atoms with Crippen LogP contribution in [0.15, 0.2) is 37.1 Å². The number of hydrogen-bond donors (Lipinski definition) is 1. The molecule has 2 aromatic rings. The Hall–Kier alpha value is -2.28. The number of aromatic nitrogens is 3. The van der Waals surface area contributed by atoms with Crippen LogP contribution in [0.2, 0.25) is 0 Å². The van der Waals surface area contributed by atoms with Gasteiger partial charge < -0.3 is 15.2 Å². The molecule has 0 aliphatic carbocycles. The Morgan fingerprint density at radius 3 is 2.90 bits per heavy atom. The molecule has 0 aliphatic heterocycles. The van der Waals surface area contributed by atoms with Gasteiger partial charge in [0.1, 0.15) is 5.69 Å². The number of nitrogens with zero attached hydrogens (tertiary/aromatic N) is 4. The summed E-state index contributed by atoms with van der Waals surface area (Å²) in [7, 11) is 1.82. The first kappa shape index (κ1) is 15.1. The lowest BCUT2D eigenvalue weighted by Gasteiger charge is -2.21. The third-order valence-corrected chi connectivity index (χ3v) is 3.14. The van der Waals surface area contributed by atoms with E-state index in [4.69, 9.17) is 18.0 Å². The molecule has 0 unspecified atom stereocenters. The summed E-state index contributed by atoms with van der Waals surface area (Å²) in [6, 6.07) is 3.76. The molecule has 1 amide bonds. The van der Waals surface area contributed by atoms with Crippen molar-refractivity contribution in [3.63, 3.8) is 0 Å². The van der Waals surface area contributed by atoms with Crippen molar-refractivity contribution in [2.24, 2.45) is 12.8 Å². The molecule has 0 radical (unpaired) electrons. The van der Waals surface area contributed by atoms with Crippen LogP contribution in [0.3, 0.4) is 0 Å². The maximum atomic E-state index is 12.5. The van der Waals surface area contributed by atoms with Gasteiger partial charge in [-0.05, 0) is 11.6 Å². The SMILES string of the molecule is Cn1cnc(C(=O)N(CCC(N)=S)Cc2cccnc2)c1. The fourth-order valence-corrected chi connectivity index (χ4v) is 1.99. The largest absolute Gasteiger partial charge is 0.393 e. The van der Waals surface area contributed by atoms with Crippen LogP contribution in [-0.2, 0) is 13.6 Å². The summed E-state index contributed by atoms with van der Waals surface area (Å²) in [6.07, 6.45) is 7.21. The highest BCUT2D eigenvalue weighted by Gasteiger charge is 2.18. The Bertz CT molecular complexity index is 625. The molecule has 0 atom stereocenters. The Balaban J connectivity index is 2.14. The lowest BCUT2D eigenvalue weighted by atomic mass is 10.2. The topological polar surface area (TPSA) is 77.0 Å². The van der Waals surface area contributed by atoms with Crippen LogP contribution >= 0.6 is 12.2 Å². The first-order chi connectivity index (χ1) is 10.1. The minimum Gasteiger partial charge on any atom is -0.393 e. The van der Waals surface area contributed by atoms with Gasteiger partial charge in [0.05, 0.1) is 11.3 Å². The highest BCUT2D eigenvalue weighted by Crippen LogP contribution is 2.09. The molecule has 0 aromatic carbocycles. The summed E-state index contributed by atoms with van der Waals surface area (Å²) in [5, 5.41) is 0. The fraction of sp³-hybridized carbons (Fsp3) is 0.286. The number of aryl methyl sites for hydroxylation is 1. The summed E-state index contributed by atoms with van der Waals surface area (Å²) < 4.78 is 1.74. The number of carbonyl (C=O) groups is 1. The summed E-state index contributed by atoms with van der Waals surface area (Å²) in [4.78, 5) is 22.7. The van der Waals surface area contributed by atoms with E-state index in [0.29, 0.717) is 30.2 Å². The molecule has 0 saturated carbocycles. The zero-order valence-corrected chi connectivity index (χ0v) is 12.6. The number of thiocarbonyl (C=S) groups is 1. The number of amides is 1. The maximum Gasteiger partial charge on any atom is 0.274 e. The van der Waals surface area contributed by atoms with Crippen molar-refractivity contribution in [3.8, 4) is 0 Å². The number of imidazole rings is 1. The summed E-state index contributed by atoms with van der Waals surface area (Å²) in [6.45, 7) is 0.908. The minimum absolute atomic E-state index is 0.143. The smallest absolute Gasteiger partial charge is 0.274 e. The van der Waals surface area contributed by atoms with Crippen LogP contribution in [0, 0.1) is 0 Å². The van der Waals surface area contributed by atoms with E-state index < -0.39 is 0 Å². The first-order valence-electron chi connectivity index (χ1n) is 6.50. The zero-order valence-electron chi connectivity index (χ0n) is 11.8. The van der Waals surface area contributed by atoms with Gasteiger partial charge in [0.25, 0.3) is 5.91 Å². The van der Waals surface area contributed by atoms with E-state index in [1.54, 1.807) is 34.4 Å². The number of hydrogen-bond acceptors (Lipinski definition) is 4. The van der Waals surface area contributed by atoms with Gasteiger partial charge in [-0.3, -0.25) is 9.78 Å². The van der Waals surface area contributed by atoms with Crippen molar-refractivity contribution < 1.29 is 4.79 Å². The van der Waals surface area contributed by atoms with Crippen molar-refractivity contribution in [3.05, 3.63) is 48.3 Å². The predicted molar refractivity (Wildman–Crippen MR) is 83.6 cm³/mol. The first-order valence-corrected chi connectivity index (χ1v) is 6.91. The molecule has 0 aliphatic rings. The van der Waals surface area contributed by atoms with Gasteiger partial charge in [0, 0.05) is 45.1 Å². The van der Waals surface area contributed by atoms with Crippen molar-refractivity contribution in [1.29, 1.82) is 0 Å². The van der Waals surface area contributed by atoms with Gasteiger partial charge in [0.2, 0.25) is 0 Å². The fourth-order valence-electron chi connectivity index (χ4n) is 1.89. The zero-order chi connectivity index (χ0) is 15.2. The van der Waals surface area contributed by atoms with E-state index in [0.717, 1.165) is 5.56 Å². The number of rotatable bonds is 6. The Morgan fingerprint density at radius 2 is 2.33 bits per heavy atom. The Labute approximate surface area is 128 Å². The van der Waals surface area contributed by atoms with Crippen molar-refractivity contribution >= 4 is 23.1 Å². The van der Waals surface area contributed by atoms with E-state index in [-0.39, 0.29) is 5.91 Å². The van der Waals surface area contributed by atoms with Crippen molar-refractivity contribution in [2.45, 2.75) is 13.0 Å². The molecule has 0 bridgehead atoms. The van der Waals surface area contributed by atoms with Crippen LogP contribution in [0.25, 0.3) is 0 Å². The monoisotopic (exact) mass is 303 g/mol. The average Bonchev–Trinajstić information content (AvgIpc) is 2.90. The summed E-state index contributed by atoms with van der Waals surface area (Å²) >= 11 is 4.89. The van der Waals surface area contributed by atoms with Gasteiger partial charge in [-0.25, -0.2) is 4.98 Å². The lowest BCUT2D eigenvalue weighted by molar-refractivity contribution is 0.0742. The molecular formula is C14H17N5OS. The molecular weight excluding hydrogens is 286 g/mol. The molecule has 110 valence electrons. The molecule has 2 rings (SSSR count). The second-order valence-corrected chi connectivity index (χ2v) is 5.25. The second-order valence-electron chi connectivity index (χ2n) is 4.73. The van der Waals surface area contributed by atoms with Crippen molar-refractivity contribution in [2.75, 3.05) is 6.54 Å². The van der Waals surface area contributed by atoms with E-state index >= 15 is 0 Å². The molecule has 7 heteroatoms. The van der Waals surface area contributed by atoms with Gasteiger partial charge in [-0.1, -0.05) is 18.3 Å². The van der Waals surface area contributed by atoms with Gasteiger partial charge >= 0.3 is 0 Å². The molecule has 0 fully saturated rings. The summed E-state index contributed by atoms with van der Waals surface area (Å²) in [5.74, 6) is -0.143. The van der Waals surface area contributed by atoms with Gasteiger partial charge in [-0.15, -0.1) is 0 Å². The highest BCUT2D eigenvalue weighted by molar-refractivity contribution is 7.80. The molecule has 21 heavy (non-hydrogen) atoms. The number of pyridine rings is 1. The molecule has 2 heterocycles. The third kappa shape index (κ3) is 4.35. The quantitative estimate of drug-likeness (QED) is 0.810. The Morgan fingerprint density at radius 1 is 1.52 bits per heavy atom. The van der Waals surface area contributed by atoms with Crippen LogP contribution < -0.4 is 5.73 Å². The van der Waals surface area contributed by atoms with Gasteiger partial charge in [-0.2, -0.15) is 0 Å². The van der Waals surface area contributed by atoms with Gasteiger partial charge in [0.15, 0.2) is 0 Å². The molecule has 6 nitrogen and oxygen atoms in total. The Kier molecular flexibility index (Phi) is 4.99. The normalized spacial score (nSPS) is 10.3. The lowest BCUT2D eigenvalue weighted by Crippen LogP contribution is -2.33. The molecule has 0 saturated heterocycles. The van der Waals surface area contributed by atoms with Crippen LogP contribution in [0.1, 0.15) is 22.5 Å². The third-order valence-electron chi connectivity index (χ3n) is 2.94. The van der Waals surface area contributed by atoms with Crippen LogP contribution in [0.5, 0.6) is 0 Å². The highest BCUT2D eigenvalue weighted by atomic mass is 32.1. The number of nitrogens with two attached hydrogens (primary N) is 1. The number of carbonyl (C=O) groups excluding carboxylic acids is 1. The average molecular weight is 303 g/mol. The molecule has 2 N–H and O–H groups in total. The molecule has 0 spiro atoms. The maximum absolute atomic E-state index is 12.5. The van der Waals surface area contributed by atoms with Crippen molar-refractivity contribution in [1.82, 2.24) is 19.4 Å². The van der Waals surface area contributed by atoms with Crippen LogP contribution in [-0.4, -0.2) is 36.9 Å². The van der Waals surface area contributed by atoms with E-state index in [9.17, 15) is 4.79 Å². The minimum atomic E-state index is -0.143. The molecule has 2 aromatic heterocycles. The van der Waals surface area contributed by atoms with E-state index in [2.05, 4.69) is 9.97 Å². The predicted octanol–water partition coefficient (Wildman–Crippen LogP) is 1.13. The summed E-state index contributed by atoms with van der Waals surface area (Å²) in [5.41, 5.74) is 6.89. The van der Waals surface area contributed by atoms with E-state index in [1.165, 1.54) is 0 Å².